The van der Waals surface area contributed by atoms with E-state index in [1.165, 1.54) is 0 Å². The number of benzene rings is 1. The zero-order valence-electron chi connectivity index (χ0n) is 6.10. The molecule has 0 unspecified atom stereocenters. The fourth-order valence-corrected chi connectivity index (χ4v) is 1.81. The second kappa shape index (κ2) is 4.30. The van der Waals surface area contributed by atoms with Crippen LogP contribution in [-0.4, -0.2) is 6.26 Å². The third-order valence-corrected chi connectivity index (χ3v) is 2.95. The molecule has 0 spiro atoms. The van der Waals surface area contributed by atoms with Crippen LogP contribution in [0.4, 0.5) is 4.39 Å². The van der Waals surface area contributed by atoms with Crippen LogP contribution in [0.1, 0.15) is 5.56 Å². The van der Waals surface area contributed by atoms with Gasteiger partial charge in [-0.2, -0.15) is 0 Å². The molecule has 0 N–H and O–H groups in total. The molecule has 0 saturated heterocycles. The van der Waals surface area contributed by atoms with Crippen molar-refractivity contribution in [2.75, 3.05) is 6.26 Å². The molecule has 1 rings (SSSR count). The number of thioether (sulfide) groups is 1. The standard InChI is InChI=1S/C8H8FIS/c1-11-7-3-2-6(5-10)8(9)4-7/h2-4H,5H2,1H3. The van der Waals surface area contributed by atoms with E-state index in [2.05, 4.69) is 22.6 Å². The van der Waals surface area contributed by atoms with E-state index < -0.39 is 0 Å². The van der Waals surface area contributed by atoms with Crippen LogP contribution >= 0.6 is 34.4 Å². The average molecular weight is 282 g/mol. The van der Waals surface area contributed by atoms with Gasteiger partial charge in [0.15, 0.2) is 0 Å². The zero-order chi connectivity index (χ0) is 8.27. The van der Waals surface area contributed by atoms with Gasteiger partial charge in [-0.3, -0.25) is 0 Å². The van der Waals surface area contributed by atoms with Crippen molar-refractivity contribution in [1.82, 2.24) is 0 Å². The minimum atomic E-state index is -0.0914. The number of halogens is 2. The van der Waals surface area contributed by atoms with E-state index >= 15 is 0 Å². The van der Waals surface area contributed by atoms with Gasteiger partial charge in [0.2, 0.25) is 0 Å². The quantitative estimate of drug-likeness (QED) is 0.454. The van der Waals surface area contributed by atoms with Crippen molar-refractivity contribution in [2.24, 2.45) is 0 Å². The Labute approximate surface area is 83.7 Å². The molecule has 1 aromatic rings. The van der Waals surface area contributed by atoms with Gasteiger partial charge in [0.05, 0.1) is 0 Å². The van der Waals surface area contributed by atoms with Crippen LogP contribution in [0.15, 0.2) is 23.1 Å². The molecule has 0 radical (unpaired) electrons. The molecular formula is C8H8FIS. The van der Waals surface area contributed by atoms with Crippen LogP contribution in [0.25, 0.3) is 0 Å². The summed E-state index contributed by atoms with van der Waals surface area (Å²) in [6, 6.07) is 5.37. The normalized spacial score (nSPS) is 10.1. The fourth-order valence-electron chi connectivity index (χ4n) is 0.763. The molecule has 60 valence electrons. The first kappa shape index (κ1) is 9.32. The topological polar surface area (TPSA) is 0 Å². The second-order valence-electron chi connectivity index (χ2n) is 2.09. The second-order valence-corrected chi connectivity index (χ2v) is 3.73. The summed E-state index contributed by atoms with van der Waals surface area (Å²) in [5.74, 6) is -0.0914. The maximum Gasteiger partial charge on any atom is 0.128 e. The SMILES string of the molecule is CSc1ccc(CI)c(F)c1. The number of rotatable bonds is 2. The lowest BCUT2D eigenvalue weighted by atomic mass is 10.2. The Morgan fingerprint density at radius 1 is 1.55 bits per heavy atom. The molecule has 3 heteroatoms. The molecule has 0 nitrogen and oxygen atoms in total. The Bertz CT molecular complexity index is 250. The summed E-state index contributed by atoms with van der Waals surface area (Å²) in [4.78, 5) is 0.983. The summed E-state index contributed by atoms with van der Waals surface area (Å²) in [5.41, 5.74) is 0.781. The van der Waals surface area contributed by atoms with E-state index in [-0.39, 0.29) is 5.82 Å². The molecule has 0 fully saturated rings. The molecule has 0 amide bonds. The van der Waals surface area contributed by atoms with Gasteiger partial charge in [0.1, 0.15) is 5.82 Å². The van der Waals surface area contributed by atoms with Crippen LogP contribution < -0.4 is 0 Å². The molecule has 0 aromatic heterocycles. The lowest BCUT2D eigenvalue weighted by Crippen LogP contribution is -1.84. The Hall–Kier alpha value is 0.230. The van der Waals surface area contributed by atoms with Crippen LogP contribution in [0.5, 0.6) is 0 Å². The van der Waals surface area contributed by atoms with Gasteiger partial charge in [0, 0.05) is 9.32 Å². The van der Waals surface area contributed by atoms with Gasteiger partial charge in [-0.15, -0.1) is 11.8 Å². The molecular weight excluding hydrogens is 274 g/mol. The van der Waals surface area contributed by atoms with Crippen LogP contribution in [0, 0.1) is 5.82 Å². The van der Waals surface area contributed by atoms with E-state index in [1.807, 2.05) is 18.4 Å². The zero-order valence-corrected chi connectivity index (χ0v) is 9.08. The first-order chi connectivity index (χ1) is 5.27. The van der Waals surface area contributed by atoms with Gasteiger partial charge in [-0.1, -0.05) is 28.7 Å². The van der Waals surface area contributed by atoms with Crippen molar-refractivity contribution < 1.29 is 4.39 Å². The highest BCUT2D eigenvalue weighted by atomic mass is 127. The van der Waals surface area contributed by atoms with E-state index in [4.69, 9.17) is 0 Å². The molecule has 0 aliphatic carbocycles. The average Bonchev–Trinajstić information content (AvgIpc) is 2.04. The molecule has 0 aliphatic heterocycles. The smallest absolute Gasteiger partial charge is 0.128 e. The lowest BCUT2D eigenvalue weighted by molar-refractivity contribution is 0.614. The van der Waals surface area contributed by atoms with Gasteiger partial charge in [0.25, 0.3) is 0 Å². The van der Waals surface area contributed by atoms with Crippen molar-refractivity contribution in [2.45, 2.75) is 9.32 Å². The monoisotopic (exact) mass is 282 g/mol. The fraction of sp³-hybridized carbons (Fsp3) is 0.250. The van der Waals surface area contributed by atoms with E-state index in [1.54, 1.807) is 17.8 Å². The van der Waals surface area contributed by atoms with Crippen LogP contribution in [-0.2, 0) is 4.43 Å². The highest BCUT2D eigenvalue weighted by Crippen LogP contribution is 2.19. The van der Waals surface area contributed by atoms with Crippen molar-refractivity contribution in [3.8, 4) is 0 Å². The van der Waals surface area contributed by atoms with Crippen molar-refractivity contribution in [3.05, 3.63) is 29.6 Å². The predicted octanol–water partition coefficient (Wildman–Crippen LogP) is 3.48. The molecule has 0 aliphatic rings. The minimum Gasteiger partial charge on any atom is -0.207 e. The van der Waals surface area contributed by atoms with Gasteiger partial charge >= 0.3 is 0 Å². The minimum absolute atomic E-state index is 0.0914. The van der Waals surface area contributed by atoms with Crippen molar-refractivity contribution >= 4 is 34.4 Å². The maximum atomic E-state index is 13.0. The highest BCUT2D eigenvalue weighted by Gasteiger charge is 2.00. The molecule has 1 aromatic carbocycles. The molecule has 0 saturated carbocycles. The van der Waals surface area contributed by atoms with Crippen LogP contribution in [0.3, 0.4) is 0 Å². The Kier molecular flexibility index (Phi) is 3.65. The predicted molar refractivity (Wildman–Crippen MR) is 55.9 cm³/mol. The van der Waals surface area contributed by atoms with Gasteiger partial charge in [-0.25, -0.2) is 4.39 Å². The van der Waals surface area contributed by atoms with Crippen molar-refractivity contribution in [1.29, 1.82) is 0 Å². The van der Waals surface area contributed by atoms with Gasteiger partial charge < -0.3 is 0 Å². The Morgan fingerprint density at radius 3 is 2.73 bits per heavy atom. The van der Waals surface area contributed by atoms with Gasteiger partial charge in [-0.05, 0) is 24.0 Å². The largest absolute Gasteiger partial charge is 0.207 e. The summed E-state index contributed by atoms with van der Waals surface area (Å²) in [7, 11) is 0. The number of hydrogen-bond acceptors (Lipinski definition) is 1. The number of hydrogen-bond donors (Lipinski definition) is 0. The van der Waals surface area contributed by atoms with Crippen LogP contribution in [0.2, 0.25) is 0 Å². The van der Waals surface area contributed by atoms with E-state index in [0.717, 1.165) is 14.9 Å². The molecule has 11 heavy (non-hydrogen) atoms. The van der Waals surface area contributed by atoms with E-state index in [0.29, 0.717) is 0 Å². The highest BCUT2D eigenvalue weighted by molar-refractivity contribution is 14.1. The Morgan fingerprint density at radius 2 is 2.27 bits per heavy atom. The lowest BCUT2D eigenvalue weighted by Gasteiger charge is -2.00. The summed E-state index contributed by atoms with van der Waals surface area (Å²) < 4.78 is 13.8. The number of alkyl halides is 1. The van der Waals surface area contributed by atoms with E-state index in [9.17, 15) is 4.39 Å². The molecule has 0 heterocycles. The summed E-state index contributed by atoms with van der Waals surface area (Å²) in [5, 5.41) is 0. The first-order valence-corrected chi connectivity index (χ1v) is 5.91. The molecule has 0 atom stereocenters. The summed E-state index contributed by atoms with van der Waals surface area (Å²) in [6.07, 6.45) is 1.94. The Balaban J connectivity index is 2.99. The van der Waals surface area contributed by atoms with Crippen molar-refractivity contribution in [3.63, 3.8) is 0 Å². The first-order valence-electron chi connectivity index (χ1n) is 3.16. The third kappa shape index (κ3) is 2.33. The molecule has 0 bridgehead atoms. The summed E-state index contributed by atoms with van der Waals surface area (Å²) in [6.45, 7) is 0. The third-order valence-electron chi connectivity index (χ3n) is 1.40. The summed E-state index contributed by atoms with van der Waals surface area (Å²) >= 11 is 3.72. The maximum absolute atomic E-state index is 13.0.